The predicted octanol–water partition coefficient (Wildman–Crippen LogP) is 2.60. The first-order chi connectivity index (χ1) is 13.5. The first-order valence-electron chi connectivity index (χ1n) is 10.2. The topological polar surface area (TPSA) is 93.9 Å². The Balaban J connectivity index is 0.00000300. The van der Waals surface area contributed by atoms with Crippen LogP contribution in [0.2, 0.25) is 0 Å². The van der Waals surface area contributed by atoms with E-state index in [1.807, 2.05) is 36.9 Å². The van der Waals surface area contributed by atoms with Crippen LogP contribution >= 0.6 is 12.4 Å². The Kier molecular flexibility index (Phi) is 8.59. The van der Waals surface area contributed by atoms with Gasteiger partial charge in [-0.1, -0.05) is 39.2 Å². The summed E-state index contributed by atoms with van der Waals surface area (Å²) in [6.07, 6.45) is 5.45. The fourth-order valence-corrected chi connectivity index (χ4v) is 3.73. The number of nitrogens with zero attached hydrogens (tertiary/aromatic N) is 1. The molecular formula is C21H32ClN3O4. The number of hydrogen-bond acceptors (Lipinski definition) is 5. The highest BCUT2D eigenvalue weighted by Gasteiger charge is 2.27. The molecule has 7 nitrogen and oxygen atoms in total. The molecule has 0 bridgehead atoms. The summed E-state index contributed by atoms with van der Waals surface area (Å²) in [6, 6.07) is 5.36. The average molecular weight is 426 g/mol. The van der Waals surface area contributed by atoms with Gasteiger partial charge in [0.15, 0.2) is 11.5 Å². The Morgan fingerprint density at radius 1 is 1.17 bits per heavy atom. The van der Waals surface area contributed by atoms with Crippen molar-refractivity contribution < 1.29 is 19.1 Å². The van der Waals surface area contributed by atoms with Crippen LogP contribution in [0.3, 0.4) is 0 Å². The molecule has 1 heterocycles. The zero-order chi connectivity index (χ0) is 20.1. The van der Waals surface area contributed by atoms with Crippen molar-refractivity contribution in [2.24, 2.45) is 11.7 Å². The maximum Gasteiger partial charge on any atom is 0.242 e. The van der Waals surface area contributed by atoms with Crippen molar-refractivity contribution in [3.63, 3.8) is 0 Å². The molecule has 1 aromatic carbocycles. The van der Waals surface area contributed by atoms with Crippen molar-refractivity contribution in [1.29, 1.82) is 0 Å². The zero-order valence-electron chi connectivity index (χ0n) is 17.2. The lowest BCUT2D eigenvalue weighted by atomic mass is 9.93. The molecule has 3 rings (SSSR count). The van der Waals surface area contributed by atoms with E-state index >= 15 is 0 Å². The lowest BCUT2D eigenvalue weighted by molar-refractivity contribution is -0.136. The summed E-state index contributed by atoms with van der Waals surface area (Å²) in [5.41, 5.74) is 6.87. The summed E-state index contributed by atoms with van der Waals surface area (Å²) in [5, 5.41) is 2.71. The van der Waals surface area contributed by atoms with Gasteiger partial charge < -0.3 is 25.4 Å². The normalized spacial score (nSPS) is 16.8. The maximum absolute atomic E-state index is 13.0. The minimum Gasteiger partial charge on any atom is -0.454 e. The van der Waals surface area contributed by atoms with Crippen LogP contribution in [0.4, 0.5) is 0 Å². The van der Waals surface area contributed by atoms with E-state index in [0.717, 1.165) is 37.0 Å². The van der Waals surface area contributed by atoms with Crippen molar-refractivity contribution in [3.05, 3.63) is 23.8 Å². The molecular weight excluding hydrogens is 394 g/mol. The minimum absolute atomic E-state index is 0. The number of fused-ring (bicyclic) bond motifs is 1. The SMILES string of the molecule is CC(C)[C@H](N)C(=O)NCC(=O)N(Cc1ccc2c(c1)OCO2)C1CCCCC1.Cl. The molecule has 3 N–H and O–H groups in total. The molecule has 2 aliphatic rings. The average Bonchev–Trinajstić information content (AvgIpc) is 3.17. The van der Waals surface area contributed by atoms with Crippen molar-refractivity contribution in [1.82, 2.24) is 10.2 Å². The second kappa shape index (κ2) is 10.7. The molecule has 1 saturated carbocycles. The molecule has 8 heteroatoms. The van der Waals surface area contributed by atoms with E-state index in [-0.39, 0.29) is 49.5 Å². The number of halogens is 1. The van der Waals surface area contributed by atoms with Gasteiger partial charge in [-0.15, -0.1) is 12.4 Å². The van der Waals surface area contributed by atoms with Crippen LogP contribution < -0.4 is 20.5 Å². The molecule has 1 atom stereocenters. The van der Waals surface area contributed by atoms with Crippen LogP contribution in [0, 0.1) is 5.92 Å². The van der Waals surface area contributed by atoms with Crippen LogP contribution in [0.1, 0.15) is 51.5 Å². The fourth-order valence-electron chi connectivity index (χ4n) is 3.73. The molecule has 1 aliphatic heterocycles. The van der Waals surface area contributed by atoms with Crippen LogP contribution in [-0.2, 0) is 16.1 Å². The Labute approximate surface area is 178 Å². The van der Waals surface area contributed by atoms with E-state index in [0.29, 0.717) is 12.3 Å². The first-order valence-corrected chi connectivity index (χ1v) is 10.2. The van der Waals surface area contributed by atoms with E-state index in [1.54, 1.807) is 0 Å². The van der Waals surface area contributed by atoms with Gasteiger partial charge in [-0.3, -0.25) is 9.59 Å². The predicted molar refractivity (Wildman–Crippen MR) is 113 cm³/mol. The van der Waals surface area contributed by atoms with Gasteiger partial charge in [-0.05, 0) is 36.5 Å². The summed E-state index contributed by atoms with van der Waals surface area (Å²) in [6.45, 7) is 4.47. The number of nitrogens with two attached hydrogens (primary N) is 1. The van der Waals surface area contributed by atoms with Gasteiger partial charge >= 0.3 is 0 Å². The van der Waals surface area contributed by atoms with E-state index in [1.165, 1.54) is 6.42 Å². The molecule has 0 radical (unpaired) electrons. The number of nitrogens with one attached hydrogen (secondary N) is 1. The van der Waals surface area contributed by atoms with Crippen molar-refractivity contribution in [2.75, 3.05) is 13.3 Å². The Morgan fingerprint density at radius 2 is 1.86 bits per heavy atom. The standard InChI is InChI=1S/C21H31N3O4.ClH/c1-14(2)20(22)21(26)23-11-19(25)24(16-6-4-3-5-7-16)12-15-8-9-17-18(10-15)28-13-27-17;/h8-10,14,16,20H,3-7,11-13,22H2,1-2H3,(H,23,26);1H/t20-;/m0./s1. The number of benzene rings is 1. The monoisotopic (exact) mass is 425 g/mol. The molecule has 0 aromatic heterocycles. The molecule has 0 spiro atoms. The third kappa shape index (κ3) is 6.00. The quantitative estimate of drug-likeness (QED) is 0.700. The molecule has 2 amide bonds. The highest BCUT2D eigenvalue weighted by atomic mass is 35.5. The van der Waals surface area contributed by atoms with Crippen LogP contribution in [0.25, 0.3) is 0 Å². The van der Waals surface area contributed by atoms with Gasteiger partial charge in [-0.25, -0.2) is 0 Å². The van der Waals surface area contributed by atoms with Crippen LogP contribution in [0.5, 0.6) is 11.5 Å². The third-order valence-corrected chi connectivity index (χ3v) is 5.56. The largest absolute Gasteiger partial charge is 0.454 e. The second-order valence-electron chi connectivity index (χ2n) is 7.99. The fraction of sp³-hybridized carbons (Fsp3) is 0.619. The molecule has 29 heavy (non-hydrogen) atoms. The zero-order valence-corrected chi connectivity index (χ0v) is 18.0. The summed E-state index contributed by atoms with van der Waals surface area (Å²) >= 11 is 0. The van der Waals surface area contributed by atoms with Crippen LogP contribution in [-0.4, -0.2) is 42.1 Å². The van der Waals surface area contributed by atoms with Gasteiger partial charge in [0.2, 0.25) is 18.6 Å². The van der Waals surface area contributed by atoms with Gasteiger partial charge in [0.1, 0.15) is 0 Å². The van der Waals surface area contributed by atoms with Crippen molar-refractivity contribution in [3.8, 4) is 11.5 Å². The van der Waals surface area contributed by atoms with Gasteiger partial charge in [-0.2, -0.15) is 0 Å². The molecule has 1 fully saturated rings. The van der Waals surface area contributed by atoms with Gasteiger partial charge in [0.05, 0.1) is 12.6 Å². The number of amides is 2. The molecule has 1 aromatic rings. The summed E-state index contributed by atoms with van der Waals surface area (Å²) in [7, 11) is 0. The highest BCUT2D eigenvalue weighted by molar-refractivity contribution is 5.87. The number of rotatable bonds is 7. The van der Waals surface area contributed by atoms with Gasteiger partial charge in [0, 0.05) is 12.6 Å². The first kappa shape index (κ1) is 23.3. The second-order valence-corrected chi connectivity index (χ2v) is 7.99. The van der Waals surface area contributed by atoms with E-state index in [2.05, 4.69) is 5.32 Å². The van der Waals surface area contributed by atoms with Crippen LogP contribution in [0.15, 0.2) is 18.2 Å². The van der Waals surface area contributed by atoms with E-state index < -0.39 is 6.04 Å². The minimum atomic E-state index is -0.607. The lowest BCUT2D eigenvalue weighted by Gasteiger charge is -2.35. The molecule has 0 saturated heterocycles. The number of ether oxygens (including phenoxy) is 2. The molecule has 1 aliphatic carbocycles. The Hall–Kier alpha value is -1.99. The van der Waals surface area contributed by atoms with Crippen molar-refractivity contribution in [2.45, 2.75) is 64.6 Å². The maximum atomic E-state index is 13.0. The smallest absolute Gasteiger partial charge is 0.242 e. The number of carbonyl (C=O) groups is 2. The number of hydrogen-bond donors (Lipinski definition) is 2. The van der Waals surface area contributed by atoms with E-state index in [4.69, 9.17) is 15.2 Å². The Bertz CT molecular complexity index is 707. The molecule has 0 unspecified atom stereocenters. The lowest BCUT2D eigenvalue weighted by Crippen LogP contribution is -2.50. The summed E-state index contributed by atoms with van der Waals surface area (Å²) in [5.74, 6) is 1.11. The van der Waals surface area contributed by atoms with Crippen molar-refractivity contribution >= 4 is 24.2 Å². The van der Waals surface area contributed by atoms with Gasteiger partial charge in [0.25, 0.3) is 0 Å². The molecule has 162 valence electrons. The highest BCUT2D eigenvalue weighted by Crippen LogP contribution is 2.33. The van der Waals surface area contributed by atoms with E-state index in [9.17, 15) is 9.59 Å². The third-order valence-electron chi connectivity index (χ3n) is 5.56. The summed E-state index contributed by atoms with van der Waals surface area (Å²) in [4.78, 5) is 27.0. The number of carbonyl (C=O) groups excluding carboxylic acids is 2. The Morgan fingerprint density at radius 3 is 2.55 bits per heavy atom. The summed E-state index contributed by atoms with van der Waals surface area (Å²) < 4.78 is 10.8.